The van der Waals surface area contributed by atoms with Gasteiger partial charge in [0.2, 0.25) is 12.6 Å². The van der Waals surface area contributed by atoms with E-state index in [0.29, 0.717) is 11.1 Å². The molecule has 4 aliphatic heterocycles. The maximum Gasteiger partial charge on any atom is 0.331 e. The van der Waals surface area contributed by atoms with Crippen LogP contribution >= 0.6 is 0 Å². The first-order chi connectivity index (χ1) is 37.8. The fraction of sp³-hybridized carbons (Fsp3) is 0.377. The highest BCUT2D eigenvalue weighted by molar-refractivity contribution is 5.88. The number of hydrogen-bond donors (Lipinski definition) is 12. The number of aromatic hydroxyl groups is 3. The summed E-state index contributed by atoms with van der Waals surface area (Å²) in [6.45, 7) is -2.56. The number of aliphatic hydroxyl groups excluding tert-OH is 9. The van der Waals surface area contributed by atoms with Crippen LogP contribution in [-0.4, -0.2) is 199 Å². The molecule has 26 heteroatoms. The van der Waals surface area contributed by atoms with Gasteiger partial charge in [-0.1, -0.05) is 12.1 Å². The van der Waals surface area contributed by atoms with Gasteiger partial charge in [-0.15, -0.1) is 0 Å². The molecule has 12 N–H and O–H groups in total. The molecule has 26 nitrogen and oxygen atoms in total. The van der Waals surface area contributed by atoms with E-state index in [-0.39, 0.29) is 62.9 Å². The third-order valence-electron chi connectivity index (χ3n) is 12.9. The van der Waals surface area contributed by atoms with Crippen LogP contribution in [0.4, 0.5) is 0 Å². The van der Waals surface area contributed by atoms with Gasteiger partial charge in [-0.2, -0.15) is 0 Å². The summed E-state index contributed by atoms with van der Waals surface area (Å²) in [6.07, 6.45) is -23.9. The highest BCUT2D eigenvalue weighted by Gasteiger charge is 2.53. The fourth-order valence-electron chi connectivity index (χ4n) is 8.61. The smallest absolute Gasteiger partial charge is 0.331 e. The number of aliphatic hydroxyl groups is 9. The van der Waals surface area contributed by atoms with E-state index in [0.717, 1.165) is 24.3 Å². The van der Waals surface area contributed by atoms with Crippen molar-refractivity contribution in [2.75, 3.05) is 34.0 Å². The van der Waals surface area contributed by atoms with E-state index in [2.05, 4.69) is 0 Å². The third-order valence-corrected chi connectivity index (χ3v) is 12.9. The Morgan fingerprint density at radius 1 is 0.557 bits per heavy atom. The summed E-state index contributed by atoms with van der Waals surface area (Å²) in [5.74, 6) is -3.69. The normalized spacial score (nSPS) is 29.1. The molecule has 3 aromatic carbocycles. The standard InChI is InChI=1S/C53H56O26/c1-69-33-15-23(3-11-29(33)58)5-13-39(60)71-22-38-43(64)46(67)50(79-53-49(45(66)42(63)37(21-55)76-53)78-40(61)14-6-24-4-12-30(59)34(16-24)70-2)52(77-38)74-35-19-28-31(72-48(35)25-7-9-26(56)10-8-25)17-27(57)18-32(28)73-51-47(68)44(65)41(62)36(20-54)75-51/h3-19,36-38,41-47,49-56,58-59,62-68H,20-22H2,1-2H3/t36-,37-,38-,41-,42-,43-,44+,45+,46+,47-,49-,50-,51-,52-,53+/m1/s1. The zero-order chi connectivity index (χ0) is 56.8. The average Bonchev–Trinajstić information content (AvgIpc) is 3.44. The lowest BCUT2D eigenvalue weighted by Crippen LogP contribution is -2.65. The molecule has 424 valence electrons. The highest BCUT2D eigenvalue weighted by Crippen LogP contribution is 2.44. The minimum atomic E-state index is -2.16. The quantitative estimate of drug-likeness (QED) is 0.0380. The Kier molecular flexibility index (Phi) is 18.4. The summed E-state index contributed by atoms with van der Waals surface area (Å²) in [5, 5.41) is 128. The third kappa shape index (κ3) is 13.0. The summed E-state index contributed by atoms with van der Waals surface area (Å²) < 4.78 is 63.6. The first-order valence-electron chi connectivity index (χ1n) is 24.1. The molecule has 8 rings (SSSR count). The lowest BCUT2D eigenvalue weighted by molar-refractivity contribution is -0.358. The molecule has 15 atom stereocenters. The second-order valence-electron chi connectivity index (χ2n) is 18.1. The van der Waals surface area contributed by atoms with Crippen LogP contribution in [0.3, 0.4) is 0 Å². The second-order valence-corrected chi connectivity index (χ2v) is 18.1. The largest absolute Gasteiger partial charge is 0.508 e. The van der Waals surface area contributed by atoms with Crippen molar-refractivity contribution < 1.29 is 123 Å². The predicted molar refractivity (Wildman–Crippen MR) is 265 cm³/mol. The maximum absolute atomic E-state index is 13.4. The van der Waals surface area contributed by atoms with Crippen molar-refractivity contribution in [3.63, 3.8) is 0 Å². The molecule has 4 heterocycles. The number of carbonyl (C=O) groups is 2. The maximum atomic E-state index is 13.4. The lowest BCUT2D eigenvalue weighted by atomic mass is 9.97. The molecule has 5 aliphatic rings. The Balaban J connectivity index is 1.17. The Bertz CT molecular complexity index is 2990. The van der Waals surface area contributed by atoms with E-state index in [1.54, 1.807) is 0 Å². The number of hydrogen-bond acceptors (Lipinski definition) is 26. The number of phenols is 3. The van der Waals surface area contributed by atoms with Crippen molar-refractivity contribution >= 4 is 24.1 Å². The number of benzene rings is 4. The summed E-state index contributed by atoms with van der Waals surface area (Å²) >= 11 is 0. The molecule has 3 fully saturated rings. The molecule has 0 spiro atoms. The monoisotopic (exact) mass is 1110 g/mol. The fourth-order valence-corrected chi connectivity index (χ4v) is 8.61. The number of methoxy groups -OCH3 is 2. The molecular weight excluding hydrogens is 1050 g/mol. The Hall–Kier alpha value is -7.41. The minimum Gasteiger partial charge on any atom is -0.508 e. The number of ether oxygens (including phenoxy) is 10. The molecule has 0 radical (unpaired) electrons. The summed E-state index contributed by atoms with van der Waals surface area (Å²) in [7, 11) is 2.63. The molecule has 3 saturated heterocycles. The molecule has 0 saturated carbocycles. The number of rotatable bonds is 18. The van der Waals surface area contributed by atoms with Crippen LogP contribution in [0.2, 0.25) is 0 Å². The molecule has 0 amide bonds. The van der Waals surface area contributed by atoms with Crippen LogP contribution in [0.15, 0.2) is 100 Å². The van der Waals surface area contributed by atoms with Crippen molar-refractivity contribution in [3.05, 3.63) is 112 Å². The van der Waals surface area contributed by atoms with Crippen molar-refractivity contribution in [1.82, 2.24) is 0 Å². The summed E-state index contributed by atoms with van der Waals surface area (Å²) in [4.78, 5) is 39.7. The molecular formula is C53H56O26. The molecule has 79 heavy (non-hydrogen) atoms. The predicted octanol–water partition coefficient (Wildman–Crippen LogP) is -0.744. The average molecular weight is 1110 g/mol. The van der Waals surface area contributed by atoms with Gasteiger partial charge in [0.25, 0.3) is 0 Å². The van der Waals surface area contributed by atoms with Gasteiger partial charge in [-0.05, 0) is 77.9 Å². The van der Waals surface area contributed by atoms with Crippen LogP contribution in [0, 0.1) is 0 Å². The van der Waals surface area contributed by atoms with Crippen molar-refractivity contribution in [1.29, 1.82) is 0 Å². The van der Waals surface area contributed by atoms with Gasteiger partial charge in [0.15, 0.2) is 58.4 Å². The topological polar surface area (TPSA) is 399 Å². The molecule has 0 bridgehead atoms. The second kappa shape index (κ2) is 25.1. The van der Waals surface area contributed by atoms with Crippen LogP contribution in [0.25, 0.3) is 34.8 Å². The van der Waals surface area contributed by atoms with E-state index < -0.39 is 129 Å². The SMILES string of the molecule is COc1cc(C=CC(=O)OC[C@H]2O[C@@H](Oc3cc4c(O[C@@H]5O[C@H](CO)[C@@H](O)[C@H](O)[C@H]5O)cc(=O)cc-4oc3-c3ccc(O)cc3)[C@H](O[C@@H]3O[C@H](CO)[C@@H](O)[C@H](O)[C@H]3OC(=O)C=Cc3ccc(O)c(OC)c3)[C@@H](O)[C@@H]2O)ccc1O. The Labute approximate surface area is 447 Å². The van der Waals surface area contributed by atoms with Gasteiger partial charge < -0.3 is 113 Å². The van der Waals surface area contributed by atoms with E-state index in [4.69, 9.17) is 51.8 Å². The first-order valence-corrected chi connectivity index (χ1v) is 24.1. The van der Waals surface area contributed by atoms with Crippen molar-refractivity contribution in [3.8, 4) is 62.9 Å². The lowest BCUT2D eigenvalue weighted by Gasteiger charge is -2.46. The van der Waals surface area contributed by atoms with E-state index >= 15 is 0 Å². The van der Waals surface area contributed by atoms with Crippen molar-refractivity contribution in [2.45, 2.75) is 92.1 Å². The number of phenolic OH excluding ortho intramolecular Hbond substituents is 3. The van der Waals surface area contributed by atoms with Crippen LogP contribution in [0.1, 0.15) is 11.1 Å². The van der Waals surface area contributed by atoms with Gasteiger partial charge in [0, 0.05) is 29.8 Å². The van der Waals surface area contributed by atoms with Gasteiger partial charge in [-0.3, -0.25) is 4.79 Å². The summed E-state index contributed by atoms with van der Waals surface area (Å²) in [5.41, 5.74) is 0.0792. The zero-order valence-electron chi connectivity index (χ0n) is 41.7. The number of fused-ring (bicyclic) bond motifs is 1. The highest BCUT2D eigenvalue weighted by atomic mass is 16.8. The molecule has 0 unspecified atom stereocenters. The van der Waals surface area contributed by atoms with Crippen LogP contribution < -0.4 is 24.4 Å². The van der Waals surface area contributed by atoms with E-state index in [1.807, 2.05) is 0 Å². The van der Waals surface area contributed by atoms with E-state index in [1.165, 1.54) is 93.1 Å². The number of carbonyl (C=O) groups excluding carboxylic acids is 2. The van der Waals surface area contributed by atoms with E-state index in [9.17, 15) is 75.7 Å². The van der Waals surface area contributed by atoms with Gasteiger partial charge >= 0.3 is 11.9 Å². The van der Waals surface area contributed by atoms with Crippen LogP contribution in [-0.2, 0) is 38.0 Å². The van der Waals surface area contributed by atoms with Gasteiger partial charge in [0.1, 0.15) is 84.9 Å². The first kappa shape index (κ1) is 57.8. The molecule has 1 aliphatic carbocycles. The van der Waals surface area contributed by atoms with Crippen molar-refractivity contribution in [2.24, 2.45) is 0 Å². The molecule has 3 aromatic rings. The molecule has 0 aromatic heterocycles. The Morgan fingerprint density at radius 2 is 1.10 bits per heavy atom. The van der Waals surface area contributed by atoms with Crippen LogP contribution in [0.5, 0.6) is 40.2 Å². The van der Waals surface area contributed by atoms with Gasteiger partial charge in [-0.25, -0.2) is 9.59 Å². The zero-order valence-corrected chi connectivity index (χ0v) is 41.7. The van der Waals surface area contributed by atoms with Gasteiger partial charge in [0.05, 0.1) is 33.0 Å². The minimum absolute atomic E-state index is 0.0701. The Morgan fingerprint density at radius 3 is 1.71 bits per heavy atom. The summed E-state index contributed by atoms with van der Waals surface area (Å²) in [6, 6.07) is 16.8. The number of esters is 2.